The van der Waals surface area contributed by atoms with Gasteiger partial charge in [0.15, 0.2) is 5.78 Å². The Morgan fingerprint density at radius 3 is 2.77 bits per heavy atom. The minimum atomic E-state index is -0.391. The summed E-state index contributed by atoms with van der Waals surface area (Å²) in [4.78, 5) is 26.7. The summed E-state index contributed by atoms with van der Waals surface area (Å²) in [5.74, 6) is 0.376. The largest absolute Gasteiger partial charge is 0.461 e. The number of allylic oxidation sites excluding steroid dienone is 3. The van der Waals surface area contributed by atoms with Crippen LogP contribution in [-0.2, 0) is 15.3 Å². The van der Waals surface area contributed by atoms with Crippen molar-refractivity contribution in [3.8, 4) is 0 Å². The van der Waals surface area contributed by atoms with Gasteiger partial charge in [-0.05, 0) is 24.6 Å². The third kappa shape index (κ3) is 3.60. The van der Waals surface area contributed by atoms with Gasteiger partial charge >= 0.3 is 5.97 Å². The first-order chi connectivity index (χ1) is 10.5. The van der Waals surface area contributed by atoms with Crippen molar-refractivity contribution >= 4 is 23.5 Å². The van der Waals surface area contributed by atoms with Crippen molar-refractivity contribution in [2.45, 2.75) is 12.7 Å². The number of benzene rings is 1. The Balaban J connectivity index is 2.27. The predicted octanol–water partition coefficient (Wildman–Crippen LogP) is 3.01. The summed E-state index contributed by atoms with van der Waals surface area (Å²) < 4.78 is 5.02. The van der Waals surface area contributed by atoms with Crippen LogP contribution >= 0.6 is 11.8 Å². The SMILES string of the molecule is CCOC(=O)C(=CC=C1SCc2ccccc2C1=O)N(C)C. The highest BCUT2D eigenvalue weighted by Crippen LogP contribution is 2.33. The first-order valence-electron chi connectivity index (χ1n) is 7.06. The van der Waals surface area contributed by atoms with E-state index in [4.69, 9.17) is 4.74 Å². The van der Waals surface area contributed by atoms with Crippen molar-refractivity contribution in [3.63, 3.8) is 0 Å². The maximum Gasteiger partial charge on any atom is 0.354 e. The molecule has 0 aliphatic carbocycles. The fraction of sp³-hybridized carbons (Fsp3) is 0.294. The molecule has 0 amide bonds. The van der Waals surface area contributed by atoms with Crippen LogP contribution in [0.5, 0.6) is 0 Å². The third-order valence-electron chi connectivity index (χ3n) is 3.23. The molecule has 0 fully saturated rings. The summed E-state index contributed by atoms with van der Waals surface area (Å²) in [7, 11) is 3.54. The van der Waals surface area contributed by atoms with E-state index in [0.29, 0.717) is 17.2 Å². The number of hydrogen-bond donors (Lipinski definition) is 0. The van der Waals surface area contributed by atoms with Gasteiger partial charge in [0.2, 0.25) is 0 Å². The molecule has 0 bridgehead atoms. The first-order valence-corrected chi connectivity index (χ1v) is 8.05. The predicted molar refractivity (Wildman–Crippen MR) is 88.6 cm³/mol. The van der Waals surface area contributed by atoms with E-state index in [0.717, 1.165) is 16.9 Å². The molecule has 0 aromatic heterocycles. The molecule has 0 radical (unpaired) electrons. The number of hydrogen-bond acceptors (Lipinski definition) is 5. The normalized spacial score (nSPS) is 16.4. The van der Waals surface area contributed by atoms with Gasteiger partial charge in [0.1, 0.15) is 5.70 Å². The van der Waals surface area contributed by atoms with E-state index in [2.05, 4.69) is 0 Å². The number of nitrogens with zero attached hydrogens (tertiary/aromatic N) is 1. The molecule has 22 heavy (non-hydrogen) atoms. The van der Waals surface area contributed by atoms with Crippen LogP contribution in [-0.4, -0.2) is 37.4 Å². The molecule has 1 aromatic carbocycles. The van der Waals surface area contributed by atoms with E-state index < -0.39 is 5.97 Å². The lowest BCUT2D eigenvalue weighted by molar-refractivity contribution is -0.140. The van der Waals surface area contributed by atoms with Crippen molar-refractivity contribution in [1.82, 2.24) is 4.90 Å². The molecule has 0 N–H and O–H groups in total. The number of rotatable bonds is 4. The Morgan fingerprint density at radius 1 is 1.36 bits per heavy atom. The fourth-order valence-electron chi connectivity index (χ4n) is 2.10. The van der Waals surface area contributed by atoms with Crippen molar-refractivity contribution in [2.24, 2.45) is 0 Å². The number of ether oxygens (including phenoxy) is 1. The zero-order valence-electron chi connectivity index (χ0n) is 13.0. The molecule has 1 aliphatic heterocycles. The highest BCUT2D eigenvalue weighted by atomic mass is 32.2. The lowest BCUT2D eigenvalue weighted by Crippen LogP contribution is -2.21. The van der Waals surface area contributed by atoms with Crippen molar-refractivity contribution < 1.29 is 14.3 Å². The van der Waals surface area contributed by atoms with E-state index in [1.807, 2.05) is 24.3 Å². The molecule has 4 nitrogen and oxygen atoms in total. The first kappa shape index (κ1) is 16.4. The van der Waals surface area contributed by atoms with Crippen LogP contribution in [0.4, 0.5) is 0 Å². The van der Waals surface area contributed by atoms with Crippen LogP contribution in [0.3, 0.4) is 0 Å². The molecule has 2 rings (SSSR count). The van der Waals surface area contributed by atoms with Gasteiger partial charge in [0, 0.05) is 25.4 Å². The molecular formula is C17H19NO3S. The van der Waals surface area contributed by atoms with Crippen molar-refractivity contribution in [2.75, 3.05) is 20.7 Å². The smallest absolute Gasteiger partial charge is 0.354 e. The van der Waals surface area contributed by atoms with Gasteiger partial charge in [-0.3, -0.25) is 4.79 Å². The van der Waals surface area contributed by atoms with Crippen molar-refractivity contribution in [1.29, 1.82) is 0 Å². The molecule has 116 valence electrons. The average Bonchev–Trinajstić information content (AvgIpc) is 2.50. The zero-order valence-corrected chi connectivity index (χ0v) is 13.8. The van der Waals surface area contributed by atoms with E-state index in [1.54, 1.807) is 38.1 Å². The number of ketones is 1. The number of thioether (sulfide) groups is 1. The zero-order chi connectivity index (χ0) is 16.1. The third-order valence-corrected chi connectivity index (χ3v) is 4.32. The highest BCUT2D eigenvalue weighted by molar-refractivity contribution is 8.03. The highest BCUT2D eigenvalue weighted by Gasteiger charge is 2.21. The van der Waals surface area contributed by atoms with Gasteiger partial charge in [-0.1, -0.05) is 24.3 Å². The van der Waals surface area contributed by atoms with Crippen LogP contribution in [0.1, 0.15) is 22.8 Å². The minimum Gasteiger partial charge on any atom is -0.461 e. The topological polar surface area (TPSA) is 46.6 Å². The van der Waals surface area contributed by atoms with Crippen LogP contribution in [0.15, 0.2) is 47.0 Å². The number of esters is 1. The van der Waals surface area contributed by atoms with Crippen molar-refractivity contribution in [3.05, 3.63) is 58.1 Å². The summed E-state index contributed by atoms with van der Waals surface area (Å²) >= 11 is 1.49. The summed E-state index contributed by atoms with van der Waals surface area (Å²) in [5.41, 5.74) is 2.21. The Hall–Kier alpha value is -2.01. The second-order valence-electron chi connectivity index (χ2n) is 4.97. The van der Waals surface area contributed by atoms with Gasteiger partial charge in [-0.25, -0.2) is 4.79 Å². The van der Waals surface area contributed by atoms with Crippen LogP contribution < -0.4 is 0 Å². The van der Waals surface area contributed by atoms with E-state index >= 15 is 0 Å². The number of carbonyl (C=O) groups excluding carboxylic acids is 2. The maximum absolute atomic E-state index is 12.4. The second kappa shape index (κ2) is 7.31. The monoisotopic (exact) mass is 317 g/mol. The summed E-state index contributed by atoms with van der Waals surface area (Å²) in [6, 6.07) is 7.61. The molecule has 1 aromatic rings. The van der Waals surface area contributed by atoms with E-state index in [1.165, 1.54) is 11.8 Å². The van der Waals surface area contributed by atoms with Crippen LogP contribution in [0.25, 0.3) is 0 Å². The molecule has 1 heterocycles. The molecule has 0 saturated heterocycles. The van der Waals surface area contributed by atoms with E-state index in [9.17, 15) is 9.59 Å². The summed E-state index contributed by atoms with van der Waals surface area (Å²) in [6.45, 7) is 2.09. The second-order valence-corrected chi connectivity index (χ2v) is 5.99. The van der Waals surface area contributed by atoms with Gasteiger partial charge in [-0.15, -0.1) is 11.8 Å². The average molecular weight is 317 g/mol. The lowest BCUT2D eigenvalue weighted by atomic mass is 10.0. The van der Waals surface area contributed by atoms with Gasteiger partial charge in [0.25, 0.3) is 0 Å². The van der Waals surface area contributed by atoms with Crippen LogP contribution in [0, 0.1) is 0 Å². The number of Topliss-reactive ketones (excluding diaryl/α,β-unsaturated/α-hetero) is 1. The quantitative estimate of drug-likeness (QED) is 0.631. The van der Waals surface area contributed by atoms with Gasteiger partial charge in [0.05, 0.1) is 11.5 Å². The minimum absolute atomic E-state index is 0.00469. The summed E-state index contributed by atoms with van der Waals surface area (Å²) in [5, 5.41) is 0. The number of fused-ring (bicyclic) bond motifs is 1. The molecule has 0 saturated carbocycles. The molecule has 1 aliphatic rings. The lowest BCUT2D eigenvalue weighted by Gasteiger charge is -2.17. The Labute approximate surface area is 134 Å². The number of likely N-dealkylation sites (N-methyl/N-ethyl adjacent to an activating group) is 1. The molecule has 5 heteroatoms. The molecule has 0 spiro atoms. The maximum atomic E-state index is 12.4. The summed E-state index contributed by atoms with van der Waals surface area (Å²) in [6.07, 6.45) is 3.35. The fourth-order valence-corrected chi connectivity index (χ4v) is 3.07. The molecule has 0 unspecified atom stereocenters. The van der Waals surface area contributed by atoms with Crippen LogP contribution in [0.2, 0.25) is 0 Å². The van der Waals surface area contributed by atoms with Gasteiger partial charge in [-0.2, -0.15) is 0 Å². The van der Waals surface area contributed by atoms with Gasteiger partial charge < -0.3 is 9.64 Å². The Morgan fingerprint density at radius 2 is 2.09 bits per heavy atom. The standard InChI is InChI=1S/C17H19NO3S/c1-4-21-17(20)14(18(2)3)9-10-15-16(19)13-8-6-5-7-12(13)11-22-15/h5-10H,4,11H2,1-3H3. The molecule has 0 atom stereocenters. The van der Waals surface area contributed by atoms with E-state index in [-0.39, 0.29) is 5.78 Å². The Bertz CT molecular complexity index is 647. The number of carbonyl (C=O) groups is 2. The Kier molecular flexibility index (Phi) is 5.44. The molecular weight excluding hydrogens is 298 g/mol.